The molecule has 3 heteroatoms. The van der Waals surface area contributed by atoms with Crippen molar-refractivity contribution in [1.29, 1.82) is 0 Å². The minimum absolute atomic E-state index is 0. The normalized spacial score (nSPS) is 25.8. The summed E-state index contributed by atoms with van der Waals surface area (Å²) in [6.07, 6.45) is 5.30. The molecule has 13 heavy (non-hydrogen) atoms. The molecule has 1 unspecified atom stereocenters. The van der Waals surface area contributed by atoms with E-state index in [1.54, 1.807) is 0 Å². The van der Waals surface area contributed by atoms with Gasteiger partial charge in [0.25, 0.3) is 0 Å². The summed E-state index contributed by atoms with van der Waals surface area (Å²) < 4.78 is 0. The molecule has 1 aliphatic rings. The maximum absolute atomic E-state index is 11.1. The fourth-order valence-corrected chi connectivity index (χ4v) is 1.79. The molecule has 1 aliphatic carbocycles. The first-order chi connectivity index (χ1) is 5.77. The van der Waals surface area contributed by atoms with E-state index in [9.17, 15) is 9.90 Å². The molecule has 0 aliphatic heterocycles. The van der Waals surface area contributed by atoms with Crippen LogP contribution in [-0.2, 0) is 4.79 Å². The van der Waals surface area contributed by atoms with E-state index in [0.29, 0.717) is 17.9 Å². The van der Waals surface area contributed by atoms with Gasteiger partial charge < -0.3 is 5.11 Å². The van der Waals surface area contributed by atoms with Crippen LogP contribution in [0.4, 0.5) is 0 Å². The van der Waals surface area contributed by atoms with Gasteiger partial charge in [0.05, 0.1) is 0 Å². The molecular formula is C10H15NaO2. The van der Waals surface area contributed by atoms with E-state index in [0.717, 1.165) is 31.9 Å². The number of Topliss-reactive ketones (excluding diaryl/α,β-unsaturated/α-hetero) is 1. The van der Waals surface area contributed by atoms with Crippen molar-refractivity contribution in [2.45, 2.75) is 39.0 Å². The smallest absolute Gasteiger partial charge is 0.878 e. The predicted molar refractivity (Wildman–Crippen MR) is 45.3 cm³/mol. The maximum Gasteiger partial charge on any atom is 1.00 e. The van der Waals surface area contributed by atoms with Crippen molar-refractivity contribution < 1.29 is 39.5 Å². The summed E-state index contributed by atoms with van der Waals surface area (Å²) in [4.78, 5) is 11.1. The Bertz CT molecular complexity index is 199. The Morgan fingerprint density at radius 1 is 1.62 bits per heavy atom. The number of carbonyl (C=O) groups is 1. The second-order valence-electron chi connectivity index (χ2n) is 3.46. The first kappa shape index (κ1) is 13.2. The van der Waals surface area contributed by atoms with Gasteiger partial charge in [0.15, 0.2) is 5.78 Å². The number of hydrogen-bond acceptors (Lipinski definition) is 2. The number of allylic oxidation sites excluding steroid dienone is 1. The van der Waals surface area contributed by atoms with Gasteiger partial charge in [-0.05, 0) is 24.3 Å². The first-order valence-corrected chi connectivity index (χ1v) is 4.62. The molecule has 68 valence electrons. The van der Waals surface area contributed by atoms with E-state index >= 15 is 0 Å². The zero-order valence-electron chi connectivity index (χ0n) is 8.51. The number of ketones is 1. The van der Waals surface area contributed by atoms with Crippen LogP contribution in [0.3, 0.4) is 0 Å². The van der Waals surface area contributed by atoms with Gasteiger partial charge in [-0.15, -0.1) is 6.26 Å². The standard InChI is InChI=1S/C10H16O2.Na/c1-2-3-8-4-5-10(12)9(6-8)7-11;/h7-8,11H,2-6H2,1H3;/q;+1/p-1. The molecule has 0 aromatic rings. The average Bonchev–Trinajstić information content (AvgIpc) is 2.09. The van der Waals surface area contributed by atoms with Crippen LogP contribution in [0, 0.1) is 5.92 Å². The van der Waals surface area contributed by atoms with Crippen LogP contribution < -0.4 is 34.7 Å². The molecule has 0 spiro atoms. The molecule has 2 nitrogen and oxygen atoms in total. The molecule has 0 amide bonds. The van der Waals surface area contributed by atoms with Gasteiger partial charge in [0.2, 0.25) is 0 Å². The number of rotatable bonds is 2. The average molecular weight is 190 g/mol. The monoisotopic (exact) mass is 190 g/mol. The number of carbonyl (C=O) groups excluding carboxylic acids is 1. The van der Waals surface area contributed by atoms with Crippen molar-refractivity contribution in [3.63, 3.8) is 0 Å². The Morgan fingerprint density at radius 3 is 2.85 bits per heavy atom. The molecule has 1 rings (SSSR count). The molecule has 0 radical (unpaired) electrons. The van der Waals surface area contributed by atoms with Gasteiger partial charge in [-0.25, -0.2) is 0 Å². The Kier molecular flexibility index (Phi) is 6.74. The molecular weight excluding hydrogens is 175 g/mol. The van der Waals surface area contributed by atoms with Crippen LogP contribution in [0.5, 0.6) is 0 Å². The fourth-order valence-electron chi connectivity index (χ4n) is 1.79. The first-order valence-electron chi connectivity index (χ1n) is 4.62. The third kappa shape index (κ3) is 3.84. The van der Waals surface area contributed by atoms with Gasteiger partial charge >= 0.3 is 29.6 Å². The van der Waals surface area contributed by atoms with Gasteiger partial charge in [0.1, 0.15) is 0 Å². The SMILES string of the molecule is CCCC1CCC(=O)C(=C[O-])C1.[Na+]. The quantitative estimate of drug-likeness (QED) is 0.299. The molecule has 0 N–H and O–H groups in total. The van der Waals surface area contributed by atoms with Crippen LogP contribution in [0.25, 0.3) is 0 Å². The fraction of sp³-hybridized carbons (Fsp3) is 0.700. The van der Waals surface area contributed by atoms with Crippen molar-refractivity contribution in [3.05, 3.63) is 11.8 Å². The van der Waals surface area contributed by atoms with Crippen molar-refractivity contribution in [3.8, 4) is 0 Å². The molecule has 0 saturated heterocycles. The van der Waals surface area contributed by atoms with Crippen LogP contribution in [0.1, 0.15) is 39.0 Å². The minimum Gasteiger partial charge on any atom is -0.878 e. The summed E-state index contributed by atoms with van der Waals surface area (Å²) in [5, 5.41) is 10.5. The second kappa shape index (κ2) is 6.63. The second-order valence-corrected chi connectivity index (χ2v) is 3.46. The summed E-state index contributed by atoms with van der Waals surface area (Å²) in [5.41, 5.74) is 0.514. The van der Waals surface area contributed by atoms with E-state index in [4.69, 9.17) is 0 Å². The summed E-state index contributed by atoms with van der Waals surface area (Å²) >= 11 is 0. The molecule has 1 atom stereocenters. The zero-order chi connectivity index (χ0) is 8.97. The van der Waals surface area contributed by atoms with E-state index in [2.05, 4.69) is 6.92 Å². The largest absolute Gasteiger partial charge is 1.00 e. The van der Waals surface area contributed by atoms with Gasteiger partial charge in [-0.2, -0.15) is 0 Å². The van der Waals surface area contributed by atoms with Crippen LogP contribution >= 0.6 is 0 Å². The maximum atomic E-state index is 11.1. The van der Waals surface area contributed by atoms with Crippen molar-refractivity contribution in [2.24, 2.45) is 5.92 Å². The van der Waals surface area contributed by atoms with Gasteiger partial charge in [0, 0.05) is 6.42 Å². The van der Waals surface area contributed by atoms with Crippen molar-refractivity contribution >= 4 is 5.78 Å². The van der Waals surface area contributed by atoms with Crippen LogP contribution in [-0.4, -0.2) is 5.78 Å². The molecule has 0 bridgehead atoms. The number of hydrogen-bond donors (Lipinski definition) is 0. The molecule has 1 saturated carbocycles. The van der Waals surface area contributed by atoms with Crippen molar-refractivity contribution in [1.82, 2.24) is 0 Å². The van der Waals surface area contributed by atoms with E-state index in [1.165, 1.54) is 0 Å². The topological polar surface area (TPSA) is 40.1 Å². The summed E-state index contributed by atoms with van der Waals surface area (Å²) in [7, 11) is 0. The molecule has 0 heterocycles. The van der Waals surface area contributed by atoms with E-state index < -0.39 is 0 Å². The third-order valence-corrected chi connectivity index (χ3v) is 2.49. The van der Waals surface area contributed by atoms with Gasteiger partial charge in [-0.3, -0.25) is 4.79 Å². The zero-order valence-corrected chi connectivity index (χ0v) is 10.5. The molecule has 0 aromatic carbocycles. The van der Waals surface area contributed by atoms with Crippen LogP contribution in [0.2, 0.25) is 0 Å². The Hall–Kier alpha value is 0.210. The summed E-state index contributed by atoms with van der Waals surface area (Å²) in [6, 6.07) is 0. The molecule has 0 aromatic heterocycles. The Morgan fingerprint density at radius 2 is 2.31 bits per heavy atom. The third-order valence-electron chi connectivity index (χ3n) is 2.49. The Balaban J connectivity index is 0.00000144. The predicted octanol–water partition coefficient (Wildman–Crippen LogP) is -1.60. The summed E-state index contributed by atoms with van der Waals surface area (Å²) in [5.74, 6) is 0.644. The van der Waals surface area contributed by atoms with E-state index in [-0.39, 0.29) is 35.3 Å². The van der Waals surface area contributed by atoms with Crippen molar-refractivity contribution in [2.75, 3.05) is 0 Å². The Labute approximate surface area is 102 Å². The minimum atomic E-state index is 0. The van der Waals surface area contributed by atoms with E-state index in [1.807, 2.05) is 0 Å². The summed E-state index contributed by atoms with van der Waals surface area (Å²) in [6.45, 7) is 2.14. The van der Waals surface area contributed by atoms with Gasteiger partial charge in [-0.1, -0.05) is 19.8 Å². The van der Waals surface area contributed by atoms with Crippen LogP contribution in [0.15, 0.2) is 11.8 Å². The molecule has 1 fully saturated rings.